The van der Waals surface area contributed by atoms with Crippen LogP contribution in [0.2, 0.25) is 5.02 Å². The minimum Gasteiger partial charge on any atom is -0.421 e. The van der Waals surface area contributed by atoms with Crippen molar-refractivity contribution in [2.24, 2.45) is 0 Å². The van der Waals surface area contributed by atoms with Gasteiger partial charge in [-0.2, -0.15) is 0 Å². The van der Waals surface area contributed by atoms with Crippen LogP contribution in [0.5, 0.6) is 0 Å². The third-order valence-corrected chi connectivity index (χ3v) is 3.34. The van der Waals surface area contributed by atoms with Gasteiger partial charge in [-0.05, 0) is 30.3 Å². The van der Waals surface area contributed by atoms with Gasteiger partial charge >= 0.3 is 6.03 Å². The molecule has 3 aromatic rings. The highest BCUT2D eigenvalue weighted by atomic mass is 35.5. The van der Waals surface area contributed by atoms with Gasteiger partial charge < -0.3 is 15.1 Å². The van der Waals surface area contributed by atoms with Crippen LogP contribution in [0.15, 0.2) is 53.2 Å². The van der Waals surface area contributed by atoms with Gasteiger partial charge in [-0.1, -0.05) is 17.7 Å². The molecule has 0 atom stereocenters. The molecule has 0 radical (unpaired) electrons. The molecule has 7 nitrogen and oxygen atoms in total. The largest absolute Gasteiger partial charge is 0.421 e. The number of halogens is 1. The lowest BCUT2D eigenvalue weighted by Gasteiger charge is -2.06. The molecule has 0 aliphatic heterocycles. The first-order chi connectivity index (χ1) is 11.7. The van der Waals surface area contributed by atoms with Crippen molar-refractivity contribution in [1.82, 2.24) is 20.5 Å². The average Bonchev–Trinajstić information content (AvgIpc) is 3.04. The number of nitrogens with one attached hydrogen (secondary N) is 2. The van der Waals surface area contributed by atoms with Gasteiger partial charge in [0.05, 0.1) is 0 Å². The maximum absolute atomic E-state index is 11.8. The number of urea groups is 1. The summed E-state index contributed by atoms with van der Waals surface area (Å²) in [4.78, 5) is 15.7. The second kappa shape index (κ2) is 7.56. The van der Waals surface area contributed by atoms with Crippen molar-refractivity contribution < 1.29 is 9.21 Å². The quantitative estimate of drug-likeness (QED) is 0.742. The van der Waals surface area contributed by atoms with E-state index < -0.39 is 0 Å². The normalized spacial score (nSPS) is 10.4. The number of hydrogen-bond donors (Lipinski definition) is 2. The first kappa shape index (κ1) is 15.9. The molecule has 2 N–H and O–H groups in total. The van der Waals surface area contributed by atoms with E-state index in [9.17, 15) is 4.79 Å². The molecule has 1 aromatic carbocycles. The topological polar surface area (TPSA) is 92.9 Å². The van der Waals surface area contributed by atoms with Crippen molar-refractivity contribution in [3.63, 3.8) is 0 Å². The van der Waals surface area contributed by atoms with E-state index in [4.69, 9.17) is 16.0 Å². The molecule has 24 heavy (non-hydrogen) atoms. The van der Waals surface area contributed by atoms with Gasteiger partial charge in [-0.15, -0.1) is 10.2 Å². The van der Waals surface area contributed by atoms with Gasteiger partial charge in [0.2, 0.25) is 11.8 Å². The lowest BCUT2D eigenvalue weighted by atomic mass is 10.3. The zero-order valence-corrected chi connectivity index (χ0v) is 13.3. The molecule has 0 saturated carbocycles. The van der Waals surface area contributed by atoms with E-state index in [0.717, 1.165) is 5.56 Å². The maximum atomic E-state index is 11.8. The molecule has 8 heteroatoms. The first-order valence-corrected chi connectivity index (χ1v) is 7.62. The van der Waals surface area contributed by atoms with E-state index >= 15 is 0 Å². The van der Waals surface area contributed by atoms with Crippen molar-refractivity contribution in [3.05, 3.63) is 59.7 Å². The molecule has 0 bridgehead atoms. The van der Waals surface area contributed by atoms with Gasteiger partial charge in [-0.3, -0.25) is 4.98 Å². The highest BCUT2D eigenvalue weighted by Crippen LogP contribution is 2.16. The fourth-order valence-corrected chi connectivity index (χ4v) is 2.18. The van der Waals surface area contributed by atoms with E-state index in [2.05, 4.69) is 25.8 Å². The van der Waals surface area contributed by atoms with E-state index in [0.29, 0.717) is 35.5 Å². The summed E-state index contributed by atoms with van der Waals surface area (Å²) in [5.74, 6) is 0.876. The Morgan fingerprint density at radius 2 is 2.00 bits per heavy atom. The van der Waals surface area contributed by atoms with E-state index in [-0.39, 0.29) is 6.03 Å². The SMILES string of the molecule is O=C(NCCc1nnc(-c2ccncc2)o1)Nc1cccc(Cl)c1. The monoisotopic (exact) mass is 343 g/mol. The van der Waals surface area contributed by atoms with Gasteiger partial charge in [0, 0.05) is 41.6 Å². The molecule has 0 saturated heterocycles. The summed E-state index contributed by atoms with van der Waals surface area (Å²) in [5.41, 5.74) is 1.42. The number of carbonyl (C=O) groups excluding carboxylic acids is 1. The molecule has 0 aliphatic rings. The fourth-order valence-electron chi connectivity index (χ4n) is 1.99. The number of anilines is 1. The Hall–Kier alpha value is -2.93. The molecule has 0 spiro atoms. The van der Waals surface area contributed by atoms with Crippen LogP contribution in [-0.4, -0.2) is 27.8 Å². The molecule has 3 rings (SSSR count). The van der Waals surface area contributed by atoms with Crippen LogP contribution in [0.1, 0.15) is 5.89 Å². The molecule has 122 valence electrons. The van der Waals surface area contributed by atoms with Crippen LogP contribution in [0.3, 0.4) is 0 Å². The number of nitrogens with zero attached hydrogens (tertiary/aromatic N) is 3. The zero-order chi connectivity index (χ0) is 16.8. The van der Waals surface area contributed by atoms with Gasteiger partial charge in [0.25, 0.3) is 0 Å². The van der Waals surface area contributed by atoms with Crippen LogP contribution in [0, 0.1) is 0 Å². The lowest BCUT2D eigenvalue weighted by molar-refractivity contribution is 0.252. The first-order valence-electron chi connectivity index (χ1n) is 7.24. The summed E-state index contributed by atoms with van der Waals surface area (Å²) in [5, 5.41) is 13.9. The second-order valence-electron chi connectivity index (χ2n) is 4.88. The Morgan fingerprint density at radius 3 is 2.79 bits per heavy atom. The Labute approximate surface area is 143 Å². The van der Waals surface area contributed by atoms with Crippen LogP contribution < -0.4 is 10.6 Å². The Bertz CT molecular complexity index is 822. The summed E-state index contributed by atoms with van der Waals surface area (Å²) < 4.78 is 5.55. The third kappa shape index (κ3) is 4.30. The Kier molecular flexibility index (Phi) is 5.02. The summed E-state index contributed by atoms with van der Waals surface area (Å²) in [6, 6.07) is 10.2. The molecule has 2 amide bonds. The van der Waals surface area contributed by atoms with Crippen molar-refractivity contribution in [3.8, 4) is 11.5 Å². The number of benzene rings is 1. The third-order valence-electron chi connectivity index (χ3n) is 3.10. The van der Waals surface area contributed by atoms with Crippen molar-refractivity contribution in [1.29, 1.82) is 0 Å². The van der Waals surface area contributed by atoms with Gasteiger partial charge in [0.15, 0.2) is 0 Å². The summed E-state index contributed by atoms with van der Waals surface area (Å²) >= 11 is 5.86. The highest BCUT2D eigenvalue weighted by molar-refractivity contribution is 6.30. The number of rotatable bonds is 5. The minimum absolute atomic E-state index is 0.328. The average molecular weight is 344 g/mol. The van der Waals surface area contributed by atoms with E-state index in [1.807, 2.05) is 0 Å². The highest BCUT2D eigenvalue weighted by Gasteiger charge is 2.09. The van der Waals surface area contributed by atoms with E-state index in [1.165, 1.54) is 0 Å². The van der Waals surface area contributed by atoms with Crippen molar-refractivity contribution in [2.75, 3.05) is 11.9 Å². The standard InChI is InChI=1S/C16H14ClN5O2/c17-12-2-1-3-13(10-12)20-16(23)19-9-6-14-21-22-15(24-14)11-4-7-18-8-5-11/h1-5,7-8,10H,6,9H2,(H2,19,20,23). The summed E-state index contributed by atoms with van der Waals surface area (Å²) in [6.07, 6.45) is 3.74. The molecular weight excluding hydrogens is 330 g/mol. The molecule has 2 aromatic heterocycles. The Morgan fingerprint density at radius 1 is 1.17 bits per heavy atom. The Balaban J connectivity index is 1.48. The molecule has 0 fully saturated rings. The molecular formula is C16H14ClN5O2. The van der Waals surface area contributed by atoms with Crippen molar-refractivity contribution in [2.45, 2.75) is 6.42 Å². The summed E-state index contributed by atoms with van der Waals surface area (Å²) in [7, 11) is 0. The van der Waals surface area contributed by atoms with E-state index in [1.54, 1.807) is 48.8 Å². The summed E-state index contributed by atoms with van der Waals surface area (Å²) in [6.45, 7) is 0.365. The maximum Gasteiger partial charge on any atom is 0.319 e. The molecule has 2 heterocycles. The van der Waals surface area contributed by atoms with Crippen molar-refractivity contribution >= 4 is 23.3 Å². The minimum atomic E-state index is -0.328. The number of hydrogen-bond acceptors (Lipinski definition) is 5. The number of pyridine rings is 1. The fraction of sp³-hybridized carbons (Fsp3) is 0.125. The smallest absolute Gasteiger partial charge is 0.319 e. The van der Waals surface area contributed by atoms with Gasteiger partial charge in [0.1, 0.15) is 0 Å². The zero-order valence-electron chi connectivity index (χ0n) is 12.6. The predicted molar refractivity (Wildman–Crippen MR) is 89.7 cm³/mol. The van der Waals surface area contributed by atoms with Crippen LogP contribution in [0.25, 0.3) is 11.5 Å². The van der Waals surface area contributed by atoms with Gasteiger partial charge in [-0.25, -0.2) is 4.79 Å². The lowest BCUT2D eigenvalue weighted by Crippen LogP contribution is -2.30. The molecule has 0 unspecified atom stereocenters. The predicted octanol–water partition coefficient (Wildman–Crippen LogP) is 3.15. The van der Waals surface area contributed by atoms with Crippen LogP contribution in [0.4, 0.5) is 10.5 Å². The molecule has 0 aliphatic carbocycles. The second-order valence-corrected chi connectivity index (χ2v) is 5.31. The number of aromatic nitrogens is 3. The van der Waals surface area contributed by atoms with Crippen LogP contribution >= 0.6 is 11.6 Å². The number of carbonyl (C=O) groups is 1. The number of amides is 2. The van der Waals surface area contributed by atoms with Crippen LogP contribution in [-0.2, 0) is 6.42 Å².